The topological polar surface area (TPSA) is 204 Å². The lowest BCUT2D eigenvalue weighted by molar-refractivity contribution is -0.149. The summed E-state index contributed by atoms with van der Waals surface area (Å²) in [6, 6.07) is 7.68. The molecule has 63 heavy (non-hydrogen) atoms. The van der Waals surface area contributed by atoms with Crippen molar-refractivity contribution in [3.05, 3.63) is 93.6 Å². The number of ether oxygens (including phenoxy) is 4. The van der Waals surface area contributed by atoms with Crippen LogP contribution in [-0.2, 0) is 50.0 Å². The third-order valence-electron chi connectivity index (χ3n) is 11.8. The highest BCUT2D eigenvalue weighted by molar-refractivity contribution is 6.02. The second-order valence-corrected chi connectivity index (χ2v) is 16.9. The quantitative estimate of drug-likeness (QED) is 0.0810. The van der Waals surface area contributed by atoms with Crippen LogP contribution in [0.5, 0.6) is 0 Å². The number of nitrogens with one attached hydrogen (secondary N) is 4. The molecule has 2 amide bonds. The number of esters is 3. The first-order valence-corrected chi connectivity index (χ1v) is 20.8. The first kappa shape index (κ1) is 45.7. The fourth-order valence-corrected chi connectivity index (χ4v) is 8.46. The molecule has 8 bridgehead atoms. The predicted molar refractivity (Wildman–Crippen MR) is 241 cm³/mol. The normalized spacial score (nSPS) is 16.9. The van der Waals surface area contributed by atoms with Crippen LogP contribution in [0.15, 0.2) is 48.6 Å². The number of allylic oxidation sites excluding steroid dienone is 5. The van der Waals surface area contributed by atoms with Gasteiger partial charge in [-0.1, -0.05) is 24.8 Å². The van der Waals surface area contributed by atoms with Gasteiger partial charge in [0.05, 0.1) is 55.1 Å². The van der Waals surface area contributed by atoms with Crippen LogP contribution < -0.4 is 10.6 Å². The summed E-state index contributed by atoms with van der Waals surface area (Å²) in [5.41, 5.74) is 9.39. The smallest absolute Gasteiger partial charge is 0.407 e. The number of methoxy groups -OCH3 is 3. The molecule has 1 aliphatic carbocycles. The zero-order valence-electron chi connectivity index (χ0n) is 37.6. The van der Waals surface area contributed by atoms with Gasteiger partial charge >= 0.3 is 24.0 Å². The summed E-state index contributed by atoms with van der Waals surface area (Å²) in [7, 11) is 3.90. The van der Waals surface area contributed by atoms with Crippen molar-refractivity contribution in [3.63, 3.8) is 0 Å². The monoisotopic (exact) mass is 860 g/mol. The number of hydrogen-bond donors (Lipinski definition) is 4. The second kappa shape index (κ2) is 18.3. The van der Waals surface area contributed by atoms with E-state index < -0.39 is 35.0 Å². The van der Waals surface area contributed by atoms with Gasteiger partial charge in [-0.05, 0) is 119 Å². The maximum absolute atomic E-state index is 13.8. The van der Waals surface area contributed by atoms with Gasteiger partial charge < -0.3 is 39.5 Å². The number of rotatable bonds is 12. The molecule has 4 N–H and O–H groups in total. The van der Waals surface area contributed by atoms with E-state index in [1.54, 1.807) is 39.0 Å². The van der Waals surface area contributed by atoms with E-state index in [0.717, 1.165) is 44.4 Å². The molecule has 0 radical (unpaired) electrons. The van der Waals surface area contributed by atoms with E-state index in [1.807, 2.05) is 52.0 Å². The number of alkyl carbamates (subject to hydrolysis) is 1. The summed E-state index contributed by atoms with van der Waals surface area (Å²) in [4.78, 5) is 82.3. The van der Waals surface area contributed by atoms with Crippen LogP contribution in [0.3, 0.4) is 0 Å². The minimum absolute atomic E-state index is 0.104. The Morgan fingerprint density at radius 2 is 1.46 bits per heavy atom. The number of amides is 2. The molecule has 6 rings (SSSR count). The molecule has 332 valence electrons. The number of carbonyl (C=O) groups excluding carboxylic acids is 5. The first-order chi connectivity index (χ1) is 29.8. The first-order valence-electron chi connectivity index (χ1n) is 20.8. The summed E-state index contributed by atoms with van der Waals surface area (Å²) in [6.07, 6.45) is 5.55. The number of carbonyl (C=O) groups is 5. The molecule has 0 saturated heterocycles. The van der Waals surface area contributed by atoms with Crippen LogP contribution in [0.1, 0.15) is 98.9 Å². The van der Waals surface area contributed by atoms with Crippen molar-refractivity contribution < 1.29 is 42.9 Å². The van der Waals surface area contributed by atoms with Crippen molar-refractivity contribution in [2.24, 2.45) is 5.92 Å². The minimum Gasteiger partial charge on any atom is -0.469 e. The number of aromatic nitrogens is 4. The molecule has 15 nitrogen and oxygen atoms in total. The van der Waals surface area contributed by atoms with E-state index >= 15 is 0 Å². The molecular weight excluding hydrogens is 805 g/mol. The fourth-order valence-electron chi connectivity index (χ4n) is 8.46. The standard InChI is InChI=1S/C48H56N6O9/c1-12-28-25(2)34-22-39-32-16-13-31(44(57)61-10)43(45(58)62-11)48(32,8)40(54-39)24-35-27(4)30(15-18-42(56)60-9)38(53-35)23-37-29(26(3)33(52-37)21-36(28)51-34)14-17-41(55)49-19-20-50-46(59)63-47(5,6)7/h12-13,16,21-24,43,51,53H,1,14-15,17-20H2,2-11H3,(H,49,55)(H,50,59). The Labute approximate surface area is 366 Å². The van der Waals surface area contributed by atoms with Crippen LogP contribution in [0.25, 0.3) is 44.9 Å². The van der Waals surface area contributed by atoms with Gasteiger partial charge in [0.25, 0.3) is 0 Å². The van der Waals surface area contributed by atoms with Crippen molar-refractivity contribution in [1.29, 1.82) is 0 Å². The van der Waals surface area contributed by atoms with Crippen LogP contribution >= 0.6 is 0 Å². The number of nitrogens with zero attached hydrogens (tertiary/aromatic N) is 2. The summed E-state index contributed by atoms with van der Waals surface area (Å²) in [5.74, 6) is -2.97. The van der Waals surface area contributed by atoms with Crippen LogP contribution in [0, 0.1) is 19.8 Å². The molecule has 2 aliphatic heterocycles. The SMILES string of the molecule is C=Cc1c(C)c2cc3nc(cc4[nH]c(cc5nc(cc1[nH]2)C(C)=C5CCC(=O)NCCNC(=O)OC(C)(C)C)c(CCC(=O)OC)c4C)C1(C)C3=CC=C(C(=O)OC)C1C(=O)OC. The number of hydrogen-bond acceptors (Lipinski definition) is 11. The Hall–Kier alpha value is -6.77. The Bertz CT molecular complexity index is 2670. The summed E-state index contributed by atoms with van der Waals surface area (Å²) in [5, 5.41) is 5.53. The number of aryl methyl sites for hydroxylation is 3. The van der Waals surface area contributed by atoms with Crippen molar-refractivity contribution >= 4 is 74.8 Å². The molecule has 3 aromatic heterocycles. The lowest BCUT2D eigenvalue weighted by Gasteiger charge is -2.36. The average molecular weight is 861 g/mol. The average Bonchev–Trinajstić information content (AvgIpc) is 3.89. The maximum Gasteiger partial charge on any atom is 0.407 e. The fraction of sp³-hybridized carbons (Fsp3) is 0.396. The van der Waals surface area contributed by atoms with E-state index in [2.05, 4.69) is 27.2 Å². The van der Waals surface area contributed by atoms with Gasteiger partial charge in [0, 0.05) is 53.6 Å². The third kappa shape index (κ3) is 9.23. The highest BCUT2D eigenvalue weighted by atomic mass is 16.6. The molecule has 0 spiro atoms. The van der Waals surface area contributed by atoms with Gasteiger partial charge in [-0.25, -0.2) is 14.6 Å². The molecule has 0 saturated carbocycles. The molecule has 3 aliphatic rings. The highest BCUT2D eigenvalue weighted by Gasteiger charge is 2.53. The Morgan fingerprint density at radius 1 is 0.794 bits per heavy atom. The molecule has 0 aromatic carbocycles. The molecule has 15 heteroatoms. The van der Waals surface area contributed by atoms with Crippen LogP contribution in [-0.4, -0.2) is 89.9 Å². The number of fused-ring (bicyclic) bond motifs is 11. The lowest BCUT2D eigenvalue weighted by atomic mass is 9.64. The zero-order chi connectivity index (χ0) is 46.0. The Kier molecular flexibility index (Phi) is 13.3. The molecular formula is C48H56N6O9. The van der Waals surface area contributed by atoms with E-state index in [0.29, 0.717) is 52.2 Å². The second-order valence-electron chi connectivity index (χ2n) is 16.9. The van der Waals surface area contributed by atoms with Crippen molar-refractivity contribution in [1.82, 2.24) is 30.6 Å². The van der Waals surface area contributed by atoms with Crippen LogP contribution in [0.4, 0.5) is 4.79 Å². The van der Waals surface area contributed by atoms with Crippen molar-refractivity contribution in [2.75, 3.05) is 34.4 Å². The van der Waals surface area contributed by atoms with Gasteiger partial charge in [-0.15, -0.1) is 0 Å². The molecule has 5 heterocycles. The Balaban J connectivity index is 1.55. The molecule has 2 unspecified atom stereocenters. The van der Waals surface area contributed by atoms with Gasteiger partial charge in [-0.2, -0.15) is 0 Å². The Morgan fingerprint density at radius 3 is 2.13 bits per heavy atom. The summed E-state index contributed by atoms with van der Waals surface area (Å²) >= 11 is 0. The van der Waals surface area contributed by atoms with E-state index in [-0.39, 0.29) is 43.4 Å². The largest absolute Gasteiger partial charge is 0.469 e. The molecule has 3 aromatic rings. The van der Waals surface area contributed by atoms with Gasteiger partial charge in [-0.3, -0.25) is 19.4 Å². The number of H-pyrrole nitrogens is 2. The van der Waals surface area contributed by atoms with Gasteiger partial charge in [0.15, 0.2) is 0 Å². The van der Waals surface area contributed by atoms with E-state index in [1.165, 1.54) is 21.3 Å². The lowest BCUT2D eigenvalue weighted by Crippen LogP contribution is -2.42. The van der Waals surface area contributed by atoms with E-state index in [4.69, 9.17) is 28.9 Å². The highest BCUT2D eigenvalue weighted by Crippen LogP contribution is 2.52. The van der Waals surface area contributed by atoms with E-state index in [9.17, 15) is 24.0 Å². The van der Waals surface area contributed by atoms with Crippen molar-refractivity contribution in [2.45, 2.75) is 85.2 Å². The summed E-state index contributed by atoms with van der Waals surface area (Å²) < 4.78 is 20.8. The van der Waals surface area contributed by atoms with Crippen LogP contribution in [0.2, 0.25) is 0 Å². The zero-order valence-corrected chi connectivity index (χ0v) is 37.6. The van der Waals surface area contributed by atoms with Gasteiger partial charge in [0.1, 0.15) is 11.5 Å². The van der Waals surface area contributed by atoms with Crippen molar-refractivity contribution in [3.8, 4) is 0 Å². The molecule has 2 atom stereocenters. The van der Waals surface area contributed by atoms with Gasteiger partial charge in [0.2, 0.25) is 5.91 Å². The summed E-state index contributed by atoms with van der Waals surface area (Å²) in [6.45, 7) is 17.6. The molecule has 0 fully saturated rings. The maximum atomic E-state index is 13.8. The minimum atomic E-state index is -1.19. The third-order valence-corrected chi connectivity index (χ3v) is 11.8. The predicted octanol–water partition coefficient (Wildman–Crippen LogP) is 7.28. The number of aromatic amines is 2.